The average molecular weight is 286 g/mol. The number of hydrogen-bond donors (Lipinski definition) is 2. The zero-order chi connectivity index (χ0) is 14.2. The summed E-state index contributed by atoms with van der Waals surface area (Å²) in [6.45, 7) is 1.39. The molecule has 0 radical (unpaired) electrons. The Balaban J connectivity index is 2.43. The van der Waals surface area contributed by atoms with Crippen LogP contribution in [0.3, 0.4) is 0 Å². The average Bonchev–Trinajstić information content (AvgIpc) is 2.62. The van der Waals surface area contributed by atoms with E-state index in [9.17, 15) is 13.2 Å². The number of oxazole rings is 1. The van der Waals surface area contributed by atoms with Gasteiger partial charge >= 0.3 is 5.76 Å². The smallest absolute Gasteiger partial charge is 0.408 e. The molecular formula is C11H14N2O5S. The number of sulfonamides is 1. The van der Waals surface area contributed by atoms with Crippen LogP contribution in [0.15, 0.2) is 32.3 Å². The quantitative estimate of drug-likeness (QED) is 0.810. The molecule has 1 aromatic carbocycles. The van der Waals surface area contributed by atoms with Crippen molar-refractivity contribution in [1.29, 1.82) is 0 Å². The van der Waals surface area contributed by atoms with Crippen LogP contribution in [0.25, 0.3) is 11.1 Å². The number of aryl methyl sites for hydroxylation is 1. The Labute approximate surface area is 109 Å². The van der Waals surface area contributed by atoms with Crippen molar-refractivity contribution in [2.24, 2.45) is 7.05 Å². The summed E-state index contributed by atoms with van der Waals surface area (Å²) in [4.78, 5) is 11.3. The van der Waals surface area contributed by atoms with Gasteiger partial charge in [-0.15, -0.1) is 0 Å². The van der Waals surface area contributed by atoms with E-state index in [1.807, 2.05) is 0 Å². The predicted octanol–water partition coefficient (Wildman–Crippen LogP) is -0.209. The Bertz CT molecular complexity index is 757. The van der Waals surface area contributed by atoms with Crippen LogP contribution in [-0.4, -0.2) is 30.7 Å². The minimum atomic E-state index is -3.73. The van der Waals surface area contributed by atoms with E-state index in [4.69, 9.17) is 9.52 Å². The molecule has 7 nitrogen and oxygen atoms in total. The first-order valence-corrected chi connectivity index (χ1v) is 7.07. The monoisotopic (exact) mass is 286 g/mol. The normalized spacial score (nSPS) is 13.8. The molecule has 0 saturated carbocycles. The zero-order valence-corrected chi connectivity index (χ0v) is 11.3. The number of rotatable bonds is 4. The summed E-state index contributed by atoms with van der Waals surface area (Å²) in [5.41, 5.74) is 0.715. The fourth-order valence-electron chi connectivity index (χ4n) is 1.59. The van der Waals surface area contributed by atoms with Gasteiger partial charge in [0.1, 0.15) is 0 Å². The maximum absolute atomic E-state index is 11.9. The highest BCUT2D eigenvalue weighted by Crippen LogP contribution is 2.17. The van der Waals surface area contributed by atoms with E-state index in [0.717, 1.165) is 0 Å². The van der Waals surface area contributed by atoms with Crippen molar-refractivity contribution >= 4 is 21.1 Å². The highest BCUT2D eigenvalue weighted by atomic mass is 32.2. The summed E-state index contributed by atoms with van der Waals surface area (Å²) in [5, 5.41) is 9.08. The molecule has 1 atom stereocenters. The Morgan fingerprint density at radius 2 is 2.16 bits per heavy atom. The minimum Gasteiger partial charge on any atom is -0.408 e. The lowest BCUT2D eigenvalue weighted by atomic mass is 10.3. The van der Waals surface area contributed by atoms with Gasteiger partial charge in [0.05, 0.1) is 16.5 Å². The molecule has 0 unspecified atom stereocenters. The lowest BCUT2D eigenvalue weighted by molar-refractivity contribution is 0.198. The van der Waals surface area contributed by atoms with E-state index in [0.29, 0.717) is 5.52 Å². The fourth-order valence-corrected chi connectivity index (χ4v) is 2.73. The molecule has 8 heteroatoms. The molecule has 2 N–H and O–H groups in total. The van der Waals surface area contributed by atoms with Gasteiger partial charge in [0.25, 0.3) is 0 Å². The van der Waals surface area contributed by atoms with Crippen LogP contribution < -0.4 is 10.5 Å². The number of nitrogens with zero attached hydrogens (tertiary/aromatic N) is 1. The molecule has 104 valence electrons. The summed E-state index contributed by atoms with van der Waals surface area (Å²) < 4.78 is 32.3. The second-order valence-electron chi connectivity index (χ2n) is 4.26. The first-order chi connectivity index (χ1) is 8.81. The van der Waals surface area contributed by atoms with Gasteiger partial charge in [-0.05, 0) is 19.1 Å². The van der Waals surface area contributed by atoms with Crippen molar-refractivity contribution in [2.75, 3.05) is 6.54 Å². The van der Waals surface area contributed by atoms with Crippen LogP contribution in [0.2, 0.25) is 0 Å². The molecule has 2 rings (SSSR count). The molecular weight excluding hydrogens is 272 g/mol. The largest absolute Gasteiger partial charge is 0.419 e. The van der Waals surface area contributed by atoms with E-state index >= 15 is 0 Å². The molecule has 0 aliphatic rings. The molecule has 0 bridgehead atoms. The highest BCUT2D eigenvalue weighted by molar-refractivity contribution is 7.89. The molecule has 1 heterocycles. The standard InChI is InChI=1S/C11H14N2O5S/c1-7(14)6-12-19(16,17)8-3-4-9-10(5-8)18-11(15)13(9)2/h3-5,7,12,14H,6H2,1-2H3/t7-/m0/s1. The molecule has 0 fully saturated rings. The van der Waals surface area contributed by atoms with Gasteiger partial charge in [0, 0.05) is 19.7 Å². The molecule has 0 saturated heterocycles. The Morgan fingerprint density at radius 3 is 2.79 bits per heavy atom. The Kier molecular flexibility index (Phi) is 3.48. The van der Waals surface area contributed by atoms with Crippen LogP contribution in [0.5, 0.6) is 0 Å². The van der Waals surface area contributed by atoms with E-state index in [2.05, 4.69) is 4.72 Å². The van der Waals surface area contributed by atoms with Crippen molar-refractivity contribution in [1.82, 2.24) is 9.29 Å². The first-order valence-electron chi connectivity index (χ1n) is 5.58. The van der Waals surface area contributed by atoms with Gasteiger partial charge in [-0.3, -0.25) is 4.57 Å². The van der Waals surface area contributed by atoms with Gasteiger partial charge in [-0.2, -0.15) is 0 Å². The molecule has 0 amide bonds. The first kappa shape index (κ1) is 13.8. The van der Waals surface area contributed by atoms with Crippen LogP contribution in [0.1, 0.15) is 6.92 Å². The molecule has 0 aliphatic carbocycles. The van der Waals surface area contributed by atoms with Gasteiger partial charge in [-0.1, -0.05) is 0 Å². The molecule has 0 spiro atoms. The van der Waals surface area contributed by atoms with Crippen molar-refractivity contribution in [3.8, 4) is 0 Å². The molecule has 0 aliphatic heterocycles. The lowest BCUT2D eigenvalue weighted by Crippen LogP contribution is -2.30. The maximum Gasteiger partial charge on any atom is 0.419 e. The number of hydrogen-bond acceptors (Lipinski definition) is 5. The van der Waals surface area contributed by atoms with Gasteiger partial charge < -0.3 is 9.52 Å². The third-order valence-electron chi connectivity index (χ3n) is 2.64. The topological polar surface area (TPSA) is 102 Å². The summed E-state index contributed by atoms with van der Waals surface area (Å²) in [5.74, 6) is -0.554. The maximum atomic E-state index is 11.9. The number of aliphatic hydroxyl groups excluding tert-OH is 1. The second kappa shape index (κ2) is 4.80. The Morgan fingerprint density at radius 1 is 1.47 bits per heavy atom. The van der Waals surface area contributed by atoms with Crippen molar-refractivity contribution < 1.29 is 17.9 Å². The van der Waals surface area contributed by atoms with Gasteiger partial charge in [-0.25, -0.2) is 17.9 Å². The lowest BCUT2D eigenvalue weighted by Gasteiger charge is -2.08. The molecule has 2 aromatic rings. The van der Waals surface area contributed by atoms with E-state index in [1.54, 1.807) is 0 Å². The van der Waals surface area contributed by atoms with Crippen LogP contribution in [0.4, 0.5) is 0 Å². The summed E-state index contributed by atoms with van der Waals surface area (Å²) in [6, 6.07) is 4.15. The summed E-state index contributed by atoms with van der Waals surface area (Å²) in [7, 11) is -2.20. The number of fused-ring (bicyclic) bond motifs is 1. The van der Waals surface area contributed by atoms with Crippen LogP contribution in [0, 0.1) is 0 Å². The second-order valence-corrected chi connectivity index (χ2v) is 6.02. The number of nitrogens with one attached hydrogen (secondary N) is 1. The number of benzene rings is 1. The van der Waals surface area contributed by atoms with Gasteiger partial charge in [0.2, 0.25) is 10.0 Å². The number of aromatic nitrogens is 1. The van der Waals surface area contributed by atoms with Crippen molar-refractivity contribution in [2.45, 2.75) is 17.9 Å². The third kappa shape index (κ3) is 2.70. The van der Waals surface area contributed by atoms with E-state index in [1.165, 1.54) is 36.7 Å². The van der Waals surface area contributed by atoms with E-state index in [-0.39, 0.29) is 17.0 Å². The van der Waals surface area contributed by atoms with Crippen molar-refractivity contribution in [3.63, 3.8) is 0 Å². The summed E-state index contributed by atoms with van der Waals surface area (Å²) in [6.07, 6.45) is -0.784. The van der Waals surface area contributed by atoms with Crippen LogP contribution in [-0.2, 0) is 17.1 Å². The predicted molar refractivity (Wildman–Crippen MR) is 68.3 cm³/mol. The highest BCUT2D eigenvalue weighted by Gasteiger charge is 2.17. The fraction of sp³-hybridized carbons (Fsp3) is 0.364. The Hall–Kier alpha value is -1.64. The third-order valence-corrected chi connectivity index (χ3v) is 4.06. The summed E-state index contributed by atoms with van der Waals surface area (Å²) >= 11 is 0. The molecule has 1 aromatic heterocycles. The SMILES string of the molecule is C[C@H](O)CNS(=O)(=O)c1ccc2c(c1)oc(=O)n2C. The molecule has 19 heavy (non-hydrogen) atoms. The van der Waals surface area contributed by atoms with Gasteiger partial charge in [0.15, 0.2) is 5.58 Å². The zero-order valence-electron chi connectivity index (χ0n) is 10.5. The van der Waals surface area contributed by atoms with Crippen LogP contribution >= 0.6 is 0 Å². The van der Waals surface area contributed by atoms with Crippen molar-refractivity contribution in [3.05, 3.63) is 28.7 Å². The minimum absolute atomic E-state index is 0.0185. The van der Waals surface area contributed by atoms with E-state index < -0.39 is 21.9 Å². The number of aliphatic hydroxyl groups is 1.